The Labute approximate surface area is 115 Å². The summed E-state index contributed by atoms with van der Waals surface area (Å²) in [6.07, 6.45) is 1.01. The van der Waals surface area contributed by atoms with Crippen LogP contribution in [-0.4, -0.2) is 6.54 Å². The molecule has 17 heavy (non-hydrogen) atoms. The lowest BCUT2D eigenvalue weighted by atomic mass is 10.1. The van der Waals surface area contributed by atoms with Gasteiger partial charge in [-0.1, -0.05) is 41.9 Å². The Morgan fingerprint density at radius 2 is 1.82 bits per heavy atom. The Hall–Kier alpha value is -0.990. The van der Waals surface area contributed by atoms with Crippen molar-refractivity contribution in [1.29, 1.82) is 0 Å². The van der Waals surface area contributed by atoms with E-state index < -0.39 is 0 Å². The molecular weight excluding hydrogens is 298 g/mol. The molecule has 0 aromatic heterocycles. The third kappa shape index (κ3) is 3.76. The van der Waals surface area contributed by atoms with Gasteiger partial charge >= 0.3 is 0 Å². The van der Waals surface area contributed by atoms with Gasteiger partial charge in [0, 0.05) is 16.7 Å². The van der Waals surface area contributed by atoms with E-state index in [0.29, 0.717) is 0 Å². The zero-order valence-electron chi connectivity index (χ0n) is 9.29. The van der Waals surface area contributed by atoms with Gasteiger partial charge in [0.15, 0.2) is 0 Å². The van der Waals surface area contributed by atoms with Gasteiger partial charge in [0.2, 0.25) is 0 Å². The molecule has 1 nitrogen and oxygen atoms in total. The van der Waals surface area contributed by atoms with Gasteiger partial charge in [-0.2, -0.15) is 0 Å². The molecule has 3 heteroatoms. The fourth-order valence-electron chi connectivity index (χ4n) is 1.60. The molecular formula is C14H13BrClN. The highest BCUT2D eigenvalue weighted by Gasteiger charge is 1.98. The third-order valence-electron chi connectivity index (χ3n) is 2.51. The first-order chi connectivity index (χ1) is 8.25. The molecule has 2 rings (SSSR count). The molecule has 0 spiro atoms. The van der Waals surface area contributed by atoms with Crippen LogP contribution in [0.25, 0.3) is 0 Å². The average Bonchev–Trinajstić information content (AvgIpc) is 2.35. The van der Waals surface area contributed by atoms with Crippen LogP contribution in [0.3, 0.4) is 0 Å². The van der Waals surface area contributed by atoms with E-state index in [1.165, 1.54) is 5.56 Å². The minimum absolute atomic E-state index is 0.735. The maximum Gasteiger partial charge on any atom is 0.0549 e. The highest BCUT2D eigenvalue weighted by molar-refractivity contribution is 9.10. The van der Waals surface area contributed by atoms with Gasteiger partial charge < -0.3 is 5.32 Å². The van der Waals surface area contributed by atoms with Gasteiger partial charge in [-0.25, -0.2) is 0 Å². The van der Waals surface area contributed by atoms with Crippen LogP contribution in [0, 0.1) is 0 Å². The van der Waals surface area contributed by atoms with E-state index in [1.807, 2.05) is 24.3 Å². The van der Waals surface area contributed by atoms with Gasteiger partial charge in [0.25, 0.3) is 0 Å². The van der Waals surface area contributed by atoms with E-state index in [0.717, 1.165) is 28.1 Å². The zero-order valence-corrected chi connectivity index (χ0v) is 11.6. The molecule has 0 heterocycles. The maximum atomic E-state index is 5.94. The summed E-state index contributed by atoms with van der Waals surface area (Å²) in [5.74, 6) is 0. The highest BCUT2D eigenvalue weighted by Crippen LogP contribution is 2.25. The minimum atomic E-state index is 0.735. The summed E-state index contributed by atoms with van der Waals surface area (Å²) in [5, 5.41) is 4.11. The lowest BCUT2D eigenvalue weighted by Gasteiger charge is -2.07. The molecule has 0 radical (unpaired) electrons. The lowest BCUT2D eigenvalue weighted by Crippen LogP contribution is -2.04. The molecule has 0 amide bonds. The smallest absolute Gasteiger partial charge is 0.0549 e. The number of halogens is 2. The first kappa shape index (κ1) is 12.5. The molecule has 0 aliphatic heterocycles. The van der Waals surface area contributed by atoms with Gasteiger partial charge in [-0.05, 0) is 46.1 Å². The summed E-state index contributed by atoms with van der Waals surface area (Å²) in [5.41, 5.74) is 2.42. The van der Waals surface area contributed by atoms with Crippen molar-refractivity contribution in [3.63, 3.8) is 0 Å². The fraction of sp³-hybridized carbons (Fsp3) is 0.143. The second kappa shape index (κ2) is 6.08. The normalized spacial score (nSPS) is 10.2. The molecule has 2 aromatic carbocycles. The Bertz CT molecular complexity index is 485. The Morgan fingerprint density at radius 1 is 1.06 bits per heavy atom. The van der Waals surface area contributed by atoms with E-state index in [9.17, 15) is 0 Å². The van der Waals surface area contributed by atoms with E-state index >= 15 is 0 Å². The number of hydrogen-bond acceptors (Lipinski definition) is 1. The van der Waals surface area contributed by atoms with Crippen molar-refractivity contribution in [3.05, 3.63) is 63.6 Å². The Morgan fingerprint density at radius 3 is 2.53 bits per heavy atom. The van der Waals surface area contributed by atoms with Crippen molar-refractivity contribution in [2.45, 2.75) is 6.42 Å². The number of nitrogens with one attached hydrogen (secondary N) is 1. The quantitative estimate of drug-likeness (QED) is 0.858. The molecule has 0 fully saturated rings. The molecule has 1 N–H and O–H groups in total. The highest BCUT2D eigenvalue weighted by atomic mass is 79.9. The predicted molar refractivity (Wildman–Crippen MR) is 77.8 cm³/mol. The number of benzene rings is 2. The molecule has 0 saturated heterocycles. The molecule has 0 saturated carbocycles. The van der Waals surface area contributed by atoms with E-state index in [1.54, 1.807) is 0 Å². The van der Waals surface area contributed by atoms with Crippen LogP contribution in [0.2, 0.25) is 5.02 Å². The Kier molecular flexibility index (Phi) is 4.46. The van der Waals surface area contributed by atoms with Crippen LogP contribution in [0.5, 0.6) is 0 Å². The molecule has 0 bridgehead atoms. The van der Waals surface area contributed by atoms with Crippen molar-refractivity contribution in [2.24, 2.45) is 0 Å². The summed E-state index contributed by atoms with van der Waals surface area (Å²) in [6.45, 7) is 0.915. The van der Waals surface area contributed by atoms with Gasteiger partial charge in [0.1, 0.15) is 0 Å². The van der Waals surface area contributed by atoms with Crippen molar-refractivity contribution in [2.75, 3.05) is 11.9 Å². The topological polar surface area (TPSA) is 12.0 Å². The molecule has 0 aliphatic rings. The van der Waals surface area contributed by atoms with Crippen molar-refractivity contribution in [3.8, 4) is 0 Å². The van der Waals surface area contributed by atoms with Crippen LogP contribution < -0.4 is 5.32 Å². The van der Waals surface area contributed by atoms with Gasteiger partial charge in [-0.15, -0.1) is 0 Å². The third-order valence-corrected chi connectivity index (χ3v) is 3.72. The summed E-state index contributed by atoms with van der Waals surface area (Å²) in [4.78, 5) is 0. The van der Waals surface area contributed by atoms with Gasteiger partial charge in [-0.3, -0.25) is 0 Å². The monoisotopic (exact) mass is 309 g/mol. The second-order valence-corrected chi connectivity index (χ2v) is 5.05. The summed E-state index contributed by atoms with van der Waals surface area (Å²) >= 11 is 9.35. The zero-order chi connectivity index (χ0) is 12.1. The van der Waals surface area contributed by atoms with Crippen LogP contribution in [-0.2, 0) is 6.42 Å². The largest absolute Gasteiger partial charge is 0.385 e. The van der Waals surface area contributed by atoms with E-state index in [-0.39, 0.29) is 0 Å². The van der Waals surface area contributed by atoms with Crippen molar-refractivity contribution < 1.29 is 0 Å². The number of hydrogen-bond donors (Lipinski definition) is 1. The van der Waals surface area contributed by atoms with Crippen molar-refractivity contribution in [1.82, 2.24) is 0 Å². The SMILES string of the molecule is Clc1ccc(NCCc2ccccc2)cc1Br. The minimum Gasteiger partial charge on any atom is -0.385 e. The van der Waals surface area contributed by atoms with E-state index in [4.69, 9.17) is 11.6 Å². The number of rotatable bonds is 4. The fourth-order valence-corrected chi connectivity index (χ4v) is 2.10. The molecule has 0 aliphatic carbocycles. The van der Waals surface area contributed by atoms with Crippen molar-refractivity contribution >= 4 is 33.2 Å². The molecule has 0 unspecified atom stereocenters. The summed E-state index contributed by atoms with van der Waals surface area (Å²) < 4.78 is 0.920. The van der Waals surface area contributed by atoms with Crippen LogP contribution in [0.15, 0.2) is 53.0 Å². The van der Waals surface area contributed by atoms with Crippen LogP contribution >= 0.6 is 27.5 Å². The Balaban J connectivity index is 1.88. The molecule has 2 aromatic rings. The second-order valence-electron chi connectivity index (χ2n) is 3.79. The first-order valence-corrected chi connectivity index (χ1v) is 6.65. The lowest BCUT2D eigenvalue weighted by molar-refractivity contribution is 1.02. The number of anilines is 1. The predicted octanol–water partition coefficient (Wildman–Crippen LogP) is 4.76. The summed E-state index contributed by atoms with van der Waals surface area (Å²) in [7, 11) is 0. The molecule has 88 valence electrons. The van der Waals surface area contributed by atoms with Crippen LogP contribution in [0.1, 0.15) is 5.56 Å². The van der Waals surface area contributed by atoms with Crippen LogP contribution in [0.4, 0.5) is 5.69 Å². The molecule has 0 atom stereocenters. The first-order valence-electron chi connectivity index (χ1n) is 5.48. The summed E-state index contributed by atoms with van der Waals surface area (Å²) in [6, 6.07) is 16.3. The standard InChI is InChI=1S/C14H13BrClN/c15-13-10-12(6-7-14(13)16)17-9-8-11-4-2-1-3-5-11/h1-7,10,17H,8-9H2. The van der Waals surface area contributed by atoms with E-state index in [2.05, 4.69) is 45.5 Å². The maximum absolute atomic E-state index is 5.94. The average molecular weight is 311 g/mol. The van der Waals surface area contributed by atoms with Gasteiger partial charge in [0.05, 0.1) is 5.02 Å².